The Morgan fingerprint density at radius 1 is 1.38 bits per heavy atom. The SMILES string of the molecule is C=C[C@@H](OS(=O)(=O)C[C@@]12CC[C@@H](CC1=O)C2(C)C)[C@H](O)CC[C@@H]1OCCC[C@H]1O. The fourth-order valence-electron chi connectivity index (χ4n) is 5.47. The molecule has 6 atom stereocenters. The van der Waals surface area contributed by atoms with Gasteiger partial charge in [-0.25, -0.2) is 0 Å². The van der Waals surface area contributed by atoms with Gasteiger partial charge in [-0.1, -0.05) is 19.9 Å². The summed E-state index contributed by atoms with van der Waals surface area (Å²) in [6.07, 6.45) is 2.04. The van der Waals surface area contributed by atoms with Crippen molar-refractivity contribution in [2.24, 2.45) is 16.7 Å². The number of carbonyl (C=O) groups excluding carboxylic acids is 1. The molecular formula is C21H34O7S. The maximum atomic E-state index is 12.8. The fourth-order valence-corrected chi connectivity index (χ4v) is 7.37. The van der Waals surface area contributed by atoms with Crippen LogP contribution in [0, 0.1) is 16.7 Å². The lowest BCUT2D eigenvalue weighted by molar-refractivity contribution is -0.128. The van der Waals surface area contributed by atoms with Crippen LogP contribution in [0.25, 0.3) is 0 Å². The maximum absolute atomic E-state index is 12.8. The molecule has 3 aliphatic rings. The van der Waals surface area contributed by atoms with Crippen LogP contribution in [-0.2, 0) is 23.8 Å². The van der Waals surface area contributed by atoms with Gasteiger partial charge in [-0.3, -0.25) is 8.98 Å². The standard InChI is InChI=1S/C21H34O7S/c1-4-17(16(23)7-8-18-15(22)6-5-11-27-18)28-29(25,26)13-21-10-9-14(12-19(21)24)20(21,2)3/h4,14-18,22-23H,1,5-13H2,2-3H3/t14-,15+,16+,17+,18-,21-/m0/s1. The molecule has 1 saturated heterocycles. The highest BCUT2D eigenvalue weighted by Crippen LogP contribution is 2.64. The van der Waals surface area contributed by atoms with Gasteiger partial charge >= 0.3 is 0 Å². The molecule has 0 amide bonds. The monoisotopic (exact) mass is 430 g/mol. The van der Waals surface area contributed by atoms with Crippen molar-refractivity contribution in [2.45, 2.75) is 83.2 Å². The van der Waals surface area contributed by atoms with Gasteiger partial charge in [-0.15, -0.1) is 6.58 Å². The number of aliphatic hydroxyl groups excluding tert-OH is 2. The summed E-state index contributed by atoms with van der Waals surface area (Å²) < 4.78 is 36.5. The normalized spacial score (nSPS) is 36.1. The first-order chi connectivity index (χ1) is 13.5. The van der Waals surface area contributed by atoms with Crippen LogP contribution >= 0.6 is 0 Å². The Kier molecular flexibility index (Phi) is 6.61. The van der Waals surface area contributed by atoms with Crippen molar-refractivity contribution in [3.8, 4) is 0 Å². The van der Waals surface area contributed by atoms with Crippen LogP contribution in [0.5, 0.6) is 0 Å². The summed E-state index contributed by atoms with van der Waals surface area (Å²) >= 11 is 0. The fraction of sp³-hybridized carbons (Fsp3) is 0.857. The summed E-state index contributed by atoms with van der Waals surface area (Å²) in [6, 6.07) is 0. The van der Waals surface area contributed by atoms with Crippen LogP contribution < -0.4 is 0 Å². The Morgan fingerprint density at radius 3 is 2.66 bits per heavy atom. The quantitative estimate of drug-likeness (QED) is 0.425. The van der Waals surface area contributed by atoms with Crippen LogP contribution in [-0.4, -0.2) is 61.2 Å². The zero-order chi connectivity index (χ0) is 21.4. The number of rotatable bonds is 9. The van der Waals surface area contributed by atoms with Gasteiger partial charge in [0.25, 0.3) is 10.1 Å². The molecule has 166 valence electrons. The Hall–Kier alpha value is -0.800. The number of ketones is 1. The molecule has 0 aromatic rings. The van der Waals surface area contributed by atoms with E-state index in [0.717, 1.165) is 12.8 Å². The Morgan fingerprint density at radius 2 is 2.10 bits per heavy atom. The van der Waals surface area contributed by atoms with Crippen molar-refractivity contribution in [2.75, 3.05) is 12.4 Å². The lowest BCUT2D eigenvalue weighted by Gasteiger charge is -2.36. The Bertz CT molecular complexity index is 731. The van der Waals surface area contributed by atoms with E-state index < -0.39 is 33.8 Å². The van der Waals surface area contributed by atoms with Gasteiger partial charge in [0.2, 0.25) is 0 Å². The van der Waals surface area contributed by atoms with Crippen molar-refractivity contribution in [1.82, 2.24) is 0 Å². The van der Waals surface area contributed by atoms with E-state index in [2.05, 4.69) is 6.58 Å². The number of aliphatic hydroxyl groups is 2. The van der Waals surface area contributed by atoms with E-state index in [4.69, 9.17) is 8.92 Å². The van der Waals surface area contributed by atoms with E-state index in [1.807, 2.05) is 13.8 Å². The molecule has 2 saturated carbocycles. The maximum Gasteiger partial charge on any atom is 0.268 e. The van der Waals surface area contributed by atoms with Gasteiger partial charge in [0.05, 0.1) is 29.5 Å². The third-order valence-corrected chi connectivity index (χ3v) is 8.95. The first-order valence-electron chi connectivity index (χ1n) is 10.6. The van der Waals surface area contributed by atoms with Gasteiger partial charge in [-0.2, -0.15) is 8.42 Å². The van der Waals surface area contributed by atoms with Crippen molar-refractivity contribution in [1.29, 1.82) is 0 Å². The molecule has 0 radical (unpaired) electrons. The number of hydrogen-bond donors (Lipinski definition) is 2. The average Bonchev–Trinajstić information content (AvgIpc) is 2.99. The van der Waals surface area contributed by atoms with Crippen LogP contribution in [0.2, 0.25) is 0 Å². The van der Waals surface area contributed by atoms with E-state index >= 15 is 0 Å². The predicted octanol–water partition coefficient (Wildman–Crippen LogP) is 1.96. The molecule has 1 aliphatic heterocycles. The largest absolute Gasteiger partial charge is 0.390 e. The molecule has 29 heavy (non-hydrogen) atoms. The van der Waals surface area contributed by atoms with Crippen LogP contribution in [0.15, 0.2) is 12.7 Å². The molecule has 3 rings (SSSR count). The molecule has 2 N–H and O–H groups in total. The zero-order valence-corrected chi connectivity index (χ0v) is 18.2. The molecule has 0 aromatic carbocycles. The van der Waals surface area contributed by atoms with Crippen molar-refractivity contribution in [3.05, 3.63) is 12.7 Å². The molecule has 8 heteroatoms. The van der Waals surface area contributed by atoms with Gasteiger partial charge in [0.1, 0.15) is 11.9 Å². The van der Waals surface area contributed by atoms with Gasteiger partial charge in [0, 0.05) is 13.0 Å². The molecule has 2 bridgehead atoms. The van der Waals surface area contributed by atoms with Crippen LogP contribution in [0.3, 0.4) is 0 Å². The van der Waals surface area contributed by atoms with Crippen molar-refractivity contribution < 1.29 is 32.3 Å². The summed E-state index contributed by atoms with van der Waals surface area (Å²) in [7, 11) is -4.06. The van der Waals surface area contributed by atoms with E-state index in [-0.39, 0.29) is 35.4 Å². The summed E-state index contributed by atoms with van der Waals surface area (Å²) in [5.74, 6) is -0.137. The Labute approximate surface area is 173 Å². The molecular weight excluding hydrogens is 396 g/mol. The third kappa shape index (κ3) is 4.32. The molecule has 0 unspecified atom stereocenters. The first kappa shape index (κ1) is 22.9. The summed E-state index contributed by atoms with van der Waals surface area (Å²) in [5, 5.41) is 20.4. The molecule has 3 fully saturated rings. The minimum Gasteiger partial charge on any atom is -0.390 e. The zero-order valence-electron chi connectivity index (χ0n) is 17.4. The molecule has 0 aromatic heterocycles. The molecule has 0 spiro atoms. The number of carbonyl (C=O) groups is 1. The highest BCUT2D eigenvalue weighted by molar-refractivity contribution is 7.86. The topological polar surface area (TPSA) is 110 Å². The van der Waals surface area contributed by atoms with Crippen LogP contribution in [0.4, 0.5) is 0 Å². The van der Waals surface area contributed by atoms with Crippen molar-refractivity contribution >= 4 is 15.9 Å². The predicted molar refractivity (Wildman–Crippen MR) is 108 cm³/mol. The Balaban J connectivity index is 1.62. The third-order valence-electron chi connectivity index (χ3n) is 7.58. The number of hydrogen-bond acceptors (Lipinski definition) is 7. The smallest absolute Gasteiger partial charge is 0.268 e. The minimum absolute atomic E-state index is 0.00469. The summed E-state index contributed by atoms with van der Waals surface area (Å²) in [4.78, 5) is 12.6. The summed E-state index contributed by atoms with van der Waals surface area (Å²) in [6.45, 7) is 8.12. The van der Waals surface area contributed by atoms with E-state index in [0.29, 0.717) is 32.3 Å². The minimum atomic E-state index is -4.06. The summed E-state index contributed by atoms with van der Waals surface area (Å²) in [5.41, 5.74) is -1.29. The molecule has 7 nitrogen and oxygen atoms in total. The molecule has 1 heterocycles. The van der Waals surface area contributed by atoms with Crippen molar-refractivity contribution in [3.63, 3.8) is 0 Å². The second-order valence-electron chi connectivity index (χ2n) is 9.43. The van der Waals surface area contributed by atoms with Gasteiger partial charge in [-0.05, 0) is 49.9 Å². The number of fused-ring (bicyclic) bond motifs is 2. The lowest BCUT2D eigenvalue weighted by atomic mass is 9.70. The van der Waals surface area contributed by atoms with E-state index in [9.17, 15) is 23.4 Å². The lowest BCUT2D eigenvalue weighted by Crippen LogP contribution is -2.44. The first-order valence-corrected chi connectivity index (χ1v) is 12.1. The molecule has 2 aliphatic carbocycles. The number of ether oxygens (including phenoxy) is 1. The highest BCUT2D eigenvalue weighted by atomic mass is 32.2. The van der Waals surface area contributed by atoms with Gasteiger partial charge in [0.15, 0.2) is 0 Å². The number of Topliss-reactive ketones (excluding diaryl/α,β-unsaturated/α-hetero) is 1. The van der Waals surface area contributed by atoms with Gasteiger partial charge < -0.3 is 14.9 Å². The second kappa shape index (κ2) is 8.38. The average molecular weight is 431 g/mol. The highest BCUT2D eigenvalue weighted by Gasteiger charge is 2.65. The second-order valence-corrected chi connectivity index (χ2v) is 11.0. The van der Waals surface area contributed by atoms with E-state index in [1.54, 1.807) is 0 Å². The van der Waals surface area contributed by atoms with Crippen LogP contribution in [0.1, 0.15) is 58.8 Å². The van der Waals surface area contributed by atoms with E-state index in [1.165, 1.54) is 6.08 Å².